The molecule has 0 bridgehead atoms. The number of nitrogens with zero attached hydrogens (tertiary/aromatic N) is 2. The van der Waals surface area contributed by atoms with E-state index in [2.05, 4.69) is 25.3 Å². The van der Waals surface area contributed by atoms with Gasteiger partial charge < -0.3 is 15.4 Å². The molecule has 0 saturated heterocycles. The van der Waals surface area contributed by atoms with Gasteiger partial charge in [-0.1, -0.05) is 11.3 Å². The number of amides is 1. The highest BCUT2D eigenvalue weighted by Gasteiger charge is 2.30. The van der Waals surface area contributed by atoms with E-state index in [0.29, 0.717) is 10.6 Å². The highest BCUT2D eigenvalue weighted by Crippen LogP contribution is 2.30. The molecule has 152 valence electrons. The molecular formula is C19H17F3N4O2S. The number of anilines is 1. The quantitative estimate of drug-likeness (QED) is 0.623. The van der Waals surface area contributed by atoms with Gasteiger partial charge in [-0.25, -0.2) is 14.4 Å². The highest BCUT2D eigenvalue weighted by atomic mass is 32.1. The van der Waals surface area contributed by atoms with Crippen molar-refractivity contribution in [1.82, 2.24) is 15.3 Å². The molecule has 1 fully saturated rings. The standard InChI is InChI=1S/C19H17F3N4O2S/c20-10-6-7-13-15(9-10)29-19(26-13)25-12-4-1-3-11(12)24-17(27)16-14(28-18(21)22)5-2-8-23-16/h2,5-9,11-12,18H,1,3-4H2,(H,24,27)(H,25,26)/t11?,12-/m0/s1. The largest absolute Gasteiger partial charge is 0.432 e. The van der Waals surface area contributed by atoms with E-state index >= 15 is 0 Å². The molecule has 2 aromatic heterocycles. The lowest BCUT2D eigenvalue weighted by Gasteiger charge is -2.22. The molecule has 29 heavy (non-hydrogen) atoms. The van der Waals surface area contributed by atoms with Crippen molar-refractivity contribution in [2.24, 2.45) is 0 Å². The normalized spacial score (nSPS) is 18.9. The van der Waals surface area contributed by atoms with Crippen molar-refractivity contribution >= 4 is 32.6 Å². The number of thiazole rings is 1. The molecule has 4 rings (SSSR count). The Balaban J connectivity index is 1.46. The van der Waals surface area contributed by atoms with E-state index in [1.807, 2.05) is 0 Å². The Morgan fingerprint density at radius 2 is 2.07 bits per heavy atom. The third-order valence-corrected chi connectivity index (χ3v) is 5.64. The molecule has 1 aliphatic carbocycles. The summed E-state index contributed by atoms with van der Waals surface area (Å²) in [7, 11) is 0. The smallest absolute Gasteiger partial charge is 0.387 e. The number of aromatic nitrogens is 2. The predicted octanol–water partition coefficient (Wildman–Crippen LogP) is 4.19. The summed E-state index contributed by atoms with van der Waals surface area (Å²) in [5.41, 5.74) is 0.508. The first-order valence-electron chi connectivity index (χ1n) is 9.03. The lowest BCUT2D eigenvalue weighted by Crippen LogP contribution is -2.43. The van der Waals surface area contributed by atoms with Crippen molar-refractivity contribution in [1.29, 1.82) is 0 Å². The van der Waals surface area contributed by atoms with Crippen LogP contribution < -0.4 is 15.4 Å². The first-order valence-corrected chi connectivity index (χ1v) is 9.84. The van der Waals surface area contributed by atoms with Crippen LogP contribution in [0.2, 0.25) is 0 Å². The van der Waals surface area contributed by atoms with Gasteiger partial charge in [0.25, 0.3) is 5.91 Å². The summed E-state index contributed by atoms with van der Waals surface area (Å²) in [4.78, 5) is 20.9. The van der Waals surface area contributed by atoms with Crippen LogP contribution in [0.25, 0.3) is 10.2 Å². The molecule has 0 aliphatic heterocycles. The molecule has 3 aromatic rings. The third kappa shape index (κ3) is 4.42. The first-order chi connectivity index (χ1) is 14.0. The van der Waals surface area contributed by atoms with Crippen molar-refractivity contribution < 1.29 is 22.7 Å². The van der Waals surface area contributed by atoms with Gasteiger partial charge in [-0.05, 0) is 49.6 Å². The van der Waals surface area contributed by atoms with Gasteiger partial charge >= 0.3 is 6.61 Å². The molecular weight excluding hydrogens is 405 g/mol. The summed E-state index contributed by atoms with van der Waals surface area (Å²) in [5.74, 6) is -1.17. The molecule has 1 amide bonds. The van der Waals surface area contributed by atoms with E-state index in [-0.39, 0.29) is 29.3 Å². The van der Waals surface area contributed by atoms with E-state index in [4.69, 9.17) is 0 Å². The second-order valence-electron chi connectivity index (χ2n) is 6.62. The Kier molecular flexibility index (Phi) is 5.52. The van der Waals surface area contributed by atoms with Gasteiger partial charge in [0, 0.05) is 18.3 Å². The second kappa shape index (κ2) is 8.24. The maximum absolute atomic E-state index is 13.4. The SMILES string of the molecule is O=C(NC1CCC[C@@H]1Nc1nc2ccc(F)cc2s1)c1ncccc1OC(F)F. The molecule has 1 unspecified atom stereocenters. The molecule has 2 heterocycles. The minimum absolute atomic E-state index is 0.0902. The van der Waals surface area contributed by atoms with Gasteiger partial charge in [0.15, 0.2) is 16.6 Å². The van der Waals surface area contributed by atoms with Crippen LogP contribution >= 0.6 is 11.3 Å². The van der Waals surface area contributed by atoms with E-state index in [1.165, 1.54) is 41.8 Å². The van der Waals surface area contributed by atoms with Crippen molar-refractivity contribution in [3.8, 4) is 5.75 Å². The fourth-order valence-electron chi connectivity index (χ4n) is 3.41. The molecule has 1 aromatic carbocycles. The Hall–Kier alpha value is -2.88. The summed E-state index contributed by atoms with van der Waals surface area (Å²) in [5, 5.41) is 6.79. The lowest BCUT2D eigenvalue weighted by molar-refractivity contribution is -0.0504. The predicted molar refractivity (Wildman–Crippen MR) is 103 cm³/mol. The van der Waals surface area contributed by atoms with Crippen molar-refractivity contribution in [3.05, 3.63) is 48.0 Å². The van der Waals surface area contributed by atoms with Crippen LogP contribution in [0.5, 0.6) is 5.75 Å². The second-order valence-corrected chi connectivity index (χ2v) is 7.65. The molecule has 2 atom stereocenters. The molecule has 2 N–H and O–H groups in total. The maximum Gasteiger partial charge on any atom is 0.387 e. The summed E-state index contributed by atoms with van der Waals surface area (Å²) >= 11 is 1.33. The molecule has 10 heteroatoms. The van der Waals surface area contributed by atoms with E-state index in [0.717, 1.165) is 24.0 Å². The number of carbonyl (C=O) groups excluding carboxylic acids is 1. The fraction of sp³-hybridized carbons (Fsp3) is 0.316. The third-order valence-electron chi connectivity index (χ3n) is 4.69. The lowest BCUT2D eigenvalue weighted by atomic mass is 10.1. The van der Waals surface area contributed by atoms with E-state index < -0.39 is 12.5 Å². The van der Waals surface area contributed by atoms with E-state index in [9.17, 15) is 18.0 Å². The summed E-state index contributed by atoms with van der Waals surface area (Å²) in [6.07, 6.45) is 3.75. The monoisotopic (exact) mass is 422 g/mol. The summed E-state index contributed by atoms with van der Waals surface area (Å²) < 4.78 is 43.6. The fourth-order valence-corrected chi connectivity index (χ4v) is 4.37. The minimum Gasteiger partial charge on any atom is -0.432 e. The number of hydrogen-bond donors (Lipinski definition) is 2. The topological polar surface area (TPSA) is 76.1 Å². The molecule has 0 spiro atoms. The van der Waals surface area contributed by atoms with Gasteiger partial charge in [-0.15, -0.1) is 0 Å². The number of fused-ring (bicyclic) bond motifs is 1. The van der Waals surface area contributed by atoms with Crippen molar-refractivity contribution in [3.63, 3.8) is 0 Å². The van der Waals surface area contributed by atoms with Gasteiger partial charge in [0.1, 0.15) is 5.82 Å². The number of hydrogen-bond acceptors (Lipinski definition) is 6. The van der Waals surface area contributed by atoms with Gasteiger partial charge in [-0.2, -0.15) is 8.78 Å². The maximum atomic E-state index is 13.4. The molecule has 1 saturated carbocycles. The number of benzene rings is 1. The number of carbonyl (C=O) groups is 1. The number of pyridine rings is 1. The number of halogens is 3. The number of rotatable bonds is 6. The van der Waals surface area contributed by atoms with Crippen LogP contribution in [-0.2, 0) is 0 Å². The first kappa shape index (κ1) is 19.4. The molecule has 6 nitrogen and oxygen atoms in total. The zero-order chi connectivity index (χ0) is 20.4. The Morgan fingerprint density at radius 1 is 1.24 bits per heavy atom. The Morgan fingerprint density at radius 3 is 2.90 bits per heavy atom. The highest BCUT2D eigenvalue weighted by molar-refractivity contribution is 7.22. The zero-order valence-electron chi connectivity index (χ0n) is 15.1. The Bertz CT molecular complexity index is 1030. The summed E-state index contributed by atoms with van der Waals surface area (Å²) in [6.45, 7) is -3.05. The molecule has 0 radical (unpaired) electrons. The Labute approximate surface area is 168 Å². The van der Waals surface area contributed by atoms with Crippen molar-refractivity contribution in [2.75, 3.05) is 5.32 Å². The average Bonchev–Trinajstić information content (AvgIpc) is 3.27. The van der Waals surface area contributed by atoms with Gasteiger partial charge in [0.2, 0.25) is 0 Å². The average molecular weight is 422 g/mol. The zero-order valence-corrected chi connectivity index (χ0v) is 15.9. The van der Waals surface area contributed by atoms with Crippen LogP contribution in [0.1, 0.15) is 29.8 Å². The van der Waals surface area contributed by atoms with Crippen LogP contribution in [0, 0.1) is 5.82 Å². The van der Waals surface area contributed by atoms with Gasteiger partial charge in [-0.3, -0.25) is 4.79 Å². The number of alkyl halides is 2. The van der Waals surface area contributed by atoms with E-state index in [1.54, 1.807) is 6.07 Å². The van der Waals surface area contributed by atoms with Gasteiger partial charge in [0.05, 0.1) is 10.2 Å². The van der Waals surface area contributed by atoms with Crippen LogP contribution in [0.3, 0.4) is 0 Å². The van der Waals surface area contributed by atoms with Crippen molar-refractivity contribution in [2.45, 2.75) is 38.0 Å². The minimum atomic E-state index is -3.05. The van der Waals surface area contributed by atoms with Crippen LogP contribution in [0.15, 0.2) is 36.5 Å². The van der Waals surface area contributed by atoms with Crippen LogP contribution in [-0.4, -0.2) is 34.6 Å². The van der Waals surface area contributed by atoms with Crippen LogP contribution in [0.4, 0.5) is 18.3 Å². The number of nitrogens with one attached hydrogen (secondary N) is 2. The molecule has 1 aliphatic rings. The number of ether oxygens (including phenoxy) is 1. The summed E-state index contributed by atoms with van der Waals surface area (Å²) in [6, 6.07) is 6.78.